The second kappa shape index (κ2) is 6.59. The van der Waals surface area contributed by atoms with Crippen LogP contribution < -0.4 is 5.32 Å². The molecule has 92 valence electrons. The first kappa shape index (κ1) is 13.1. The Hall–Kier alpha value is -0.950. The third-order valence-corrected chi connectivity index (χ3v) is 3.25. The Bertz CT molecular complexity index is 256. The second-order valence-electron chi connectivity index (χ2n) is 3.45. The lowest BCUT2D eigenvalue weighted by Crippen LogP contribution is -2.50. The monoisotopic (exact) mass is 248 g/mol. The van der Waals surface area contributed by atoms with Gasteiger partial charge in [0.25, 0.3) is 0 Å². The Balaban J connectivity index is 2.43. The molecule has 0 saturated carbocycles. The predicted molar refractivity (Wildman–Crippen MR) is 60.6 cm³/mol. The maximum Gasteiger partial charge on any atom is 0.326 e. The average molecular weight is 248 g/mol. The molecule has 1 atom stereocenters. The zero-order valence-electron chi connectivity index (χ0n) is 8.89. The van der Waals surface area contributed by atoms with Crippen molar-refractivity contribution in [1.29, 1.82) is 0 Å². The number of aliphatic hydroxyl groups is 1. The Labute approximate surface area is 98.0 Å². The smallest absolute Gasteiger partial charge is 0.326 e. The van der Waals surface area contributed by atoms with Crippen molar-refractivity contribution in [2.75, 3.05) is 31.2 Å². The summed E-state index contributed by atoms with van der Waals surface area (Å²) in [4.78, 5) is 24.0. The Kier molecular flexibility index (Phi) is 5.41. The van der Waals surface area contributed by atoms with E-state index in [1.165, 1.54) is 0 Å². The van der Waals surface area contributed by atoms with E-state index in [-0.39, 0.29) is 19.1 Å². The lowest BCUT2D eigenvalue weighted by Gasteiger charge is -2.27. The summed E-state index contributed by atoms with van der Waals surface area (Å²) < 4.78 is 0. The quantitative estimate of drug-likeness (QED) is 0.628. The fourth-order valence-corrected chi connectivity index (χ4v) is 2.30. The maximum absolute atomic E-state index is 11.6. The van der Waals surface area contributed by atoms with Crippen molar-refractivity contribution in [3.63, 3.8) is 0 Å². The van der Waals surface area contributed by atoms with Gasteiger partial charge in [0.2, 0.25) is 0 Å². The number of hydrogen-bond acceptors (Lipinski definition) is 4. The number of aliphatic carboxylic acids is 1. The van der Waals surface area contributed by atoms with E-state index in [9.17, 15) is 9.59 Å². The van der Waals surface area contributed by atoms with Crippen molar-refractivity contribution < 1.29 is 19.8 Å². The molecule has 7 heteroatoms. The van der Waals surface area contributed by atoms with Gasteiger partial charge in [-0.2, -0.15) is 11.8 Å². The average Bonchev–Trinajstić information content (AvgIpc) is 2.29. The molecule has 0 aromatic carbocycles. The highest BCUT2D eigenvalue weighted by atomic mass is 32.2. The highest BCUT2D eigenvalue weighted by Gasteiger charge is 2.23. The van der Waals surface area contributed by atoms with Gasteiger partial charge in [0, 0.05) is 37.6 Å². The molecule has 6 nitrogen and oxygen atoms in total. The van der Waals surface area contributed by atoms with Gasteiger partial charge >= 0.3 is 12.0 Å². The number of aliphatic hydroxyl groups excluding tert-OH is 1. The van der Waals surface area contributed by atoms with Gasteiger partial charge in [0.05, 0.1) is 0 Å². The summed E-state index contributed by atoms with van der Waals surface area (Å²) in [6.07, 6.45) is 0.0314. The van der Waals surface area contributed by atoms with Crippen LogP contribution in [-0.2, 0) is 4.79 Å². The molecule has 0 radical (unpaired) electrons. The number of carboxylic acids is 1. The SMILES string of the molecule is O=C(O)[C@@H](CCO)NC(=O)N1CCSCC1. The van der Waals surface area contributed by atoms with Crippen molar-refractivity contribution in [1.82, 2.24) is 10.2 Å². The first-order valence-electron chi connectivity index (χ1n) is 5.12. The molecule has 0 aromatic heterocycles. The molecule has 1 aliphatic heterocycles. The molecule has 0 spiro atoms. The number of amides is 2. The predicted octanol–water partition coefficient (Wildman–Crippen LogP) is -0.420. The molecule has 2 amide bonds. The van der Waals surface area contributed by atoms with E-state index < -0.39 is 12.0 Å². The van der Waals surface area contributed by atoms with Crippen LogP contribution in [0.15, 0.2) is 0 Å². The van der Waals surface area contributed by atoms with Crippen molar-refractivity contribution in [2.24, 2.45) is 0 Å². The molecule has 0 unspecified atom stereocenters. The molecule has 1 aliphatic rings. The van der Waals surface area contributed by atoms with Crippen LogP contribution in [-0.4, -0.2) is 64.4 Å². The Morgan fingerprint density at radius 2 is 2.00 bits per heavy atom. The minimum atomic E-state index is -1.12. The molecule has 16 heavy (non-hydrogen) atoms. The number of urea groups is 1. The Morgan fingerprint density at radius 3 is 2.50 bits per heavy atom. The van der Waals surface area contributed by atoms with Crippen LogP contribution in [0, 0.1) is 0 Å². The van der Waals surface area contributed by atoms with Gasteiger partial charge in [0.1, 0.15) is 6.04 Å². The summed E-state index contributed by atoms with van der Waals surface area (Å²) in [7, 11) is 0. The molecular formula is C9H16N2O4S. The molecule has 0 aliphatic carbocycles. The lowest BCUT2D eigenvalue weighted by atomic mass is 10.2. The van der Waals surface area contributed by atoms with Crippen LogP contribution in [0.4, 0.5) is 4.79 Å². The largest absolute Gasteiger partial charge is 0.480 e. The third kappa shape index (κ3) is 3.90. The number of rotatable bonds is 4. The van der Waals surface area contributed by atoms with Gasteiger partial charge < -0.3 is 20.4 Å². The van der Waals surface area contributed by atoms with E-state index in [1.54, 1.807) is 16.7 Å². The van der Waals surface area contributed by atoms with E-state index in [4.69, 9.17) is 10.2 Å². The highest BCUT2D eigenvalue weighted by molar-refractivity contribution is 7.99. The molecule has 1 rings (SSSR count). The number of nitrogens with zero attached hydrogens (tertiary/aromatic N) is 1. The van der Waals surface area contributed by atoms with Gasteiger partial charge in [-0.25, -0.2) is 9.59 Å². The minimum Gasteiger partial charge on any atom is -0.480 e. The van der Waals surface area contributed by atoms with E-state index in [0.717, 1.165) is 11.5 Å². The van der Waals surface area contributed by atoms with Crippen LogP contribution >= 0.6 is 11.8 Å². The number of carboxylic acid groups (broad SMARTS) is 1. The topological polar surface area (TPSA) is 89.9 Å². The summed E-state index contributed by atoms with van der Waals surface area (Å²) in [5, 5.41) is 19.9. The van der Waals surface area contributed by atoms with Crippen molar-refractivity contribution in [3.8, 4) is 0 Å². The third-order valence-electron chi connectivity index (χ3n) is 2.31. The van der Waals surface area contributed by atoms with Crippen molar-refractivity contribution in [3.05, 3.63) is 0 Å². The number of carbonyl (C=O) groups excluding carboxylic acids is 1. The number of carbonyl (C=O) groups is 2. The lowest BCUT2D eigenvalue weighted by molar-refractivity contribution is -0.139. The van der Waals surface area contributed by atoms with Gasteiger partial charge in [-0.15, -0.1) is 0 Å². The molecule has 0 aromatic rings. The Morgan fingerprint density at radius 1 is 1.38 bits per heavy atom. The summed E-state index contributed by atoms with van der Waals surface area (Å²) in [6.45, 7) is 1.02. The maximum atomic E-state index is 11.6. The highest BCUT2D eigenvalue weighted by Crippen LogP contribution is 2.09. The van der Waals surface area contributed by atoms with Gasteiger partial charge in [-0.05, 0) is 0 Å². The minimum absolute atomic E-state index is 0.0314. The van der Waals surface area contributed by atoms with E-state index in [1.807, 2.05) is 0 Å². The normalized spacial score (nSPS) is 17.9. The van der Waals surface area contributed by atoms with Crippen molar-refractivity contribution in [2.45, 2.75) is 12.5 Å². The molecular weight excluding hydrogens is 232 g/mol. The zero-order chi connectivity index (χ0) is 12.0. The molecule has 1 fully saturated rings. The fraction of sp³-hybridized carbons (Fsp3) is 0.778. The van der Waals surface area contributed by atoms with Crippen molar-refractivity contribution >= 4 is 23.8 Å². The zero-order valence-corrected chi connectivity index (χ0v) is 9.70. The number of hydrogen-bond donors (Lipinski definition) is 3. The van der Waals surface area contributed by atoms with E-state index >= 15 is 0 Å². The van der Waals surface area contributed by atoms with E-state index in [0.29, 0.717) is 13.1 Å². The first-order valence-corrected chi connectivity index (χ1v) is 6.27. The number of thioether (sulfide) groups is 1. The van der Waals surface area contributed by atoms with Crippen LogP contribution in [0.25, 0.3) is 0 Å². The fourth-order valence-electron chi connectivity index (χ4n) is 1.39. The van der Waals surface area contributed by atoms with Gasteiger partial charge in [-0.3, -0.25) is 0 Å². The second-order valence-corrected chi connectivity index (χ2v) is 4.68. The van der Waals surface area contributed by atoms with Crippen LogP contribution in [0.2, 0.25) is 0 Å². The van der Waals surface area contributed by atoms with E-state index in [2.05, 4.69) is 5.32 Å². The molecule has 1 saturated heterocycles. The van der Waals surface area contributed by atoms with Crippen LogP contribution in [0.1, 0.15) is 6.42 Å². The summed E-state index contributed by atoms with van der Waals surface area (Å²) >= 11 is 1.77. The molecule has 3 N–H and O–H groups in total. The summed E-state index contributed by atoms with van der Waals surface area (Å²) in [5.74, 6) is 0.643. The molecule has 1 heterocycles. The van der Waals surface area contributed by atoms with Crippen LogP contribution in [0.5, 0.6) is 0 Å². The summed E-state index contributed by atoms with van der Waals surface area (Å²) in [6, 6.07) is -1.37. The first-order chi connectivity index (χ1) is 7.65. The standard InChI is InChI=1S/C9H16N2O4S/c12-4-1-7(8(13)14)10-9(15)11-2-5-16-6-3-11/h7,12H,1-6H2,(H,10,15)(H,13,14)/t7-/m1/s1. The number of nitrogens with one attached hydrogen (secondary N) is 1. The van der Waals surface area contributed by atoms with Crippen LogP contribution in [0.3, 0.4) is 0 Å². The molecule has 0 bridgehead atoms. The van der Waals surface area contributed by atoms with Gasteiger partial charge in [0.15, 0.2) is 0 Å². The summed E-state index contributed by atoms with van der Waals surface area (Å²) in [5.41, 5.74) is 0. The van der Waals surface area contributed by atoms with Gasteiger partial charge in [-0.1, -0.05) is 0 Å².